The van der Waals surface area contributed by atoms with Gasteiger partial charge in [-0.2, -0.15) is 9.97 Å². The van der Waals surface area contributed by atoms with Crippen LogP contribution in [0.4, 0.5) is 0 Å². The van der Waals surface area contributed by atoms with Crippen LogP contribution in [-0.4, -0.2) is 63.8 Å². The number of hydrogen-bond acceptors (Lipinski definition) is 9. The summed E-state index contributed by atoms with van der Waals surface area (Å²) in [7, 11) is 3.54. The van der Waals surface area contributed by atoms with E-state index >= 15 is 0 Å². The second-order valence-electron chi connectivity index (χ2n) is 7.97. The van der Waals surface area contributed by atoms with Crippen LogP contribution < -0.4 is 19.9 Å². The Morgan fingerprint density at radius 3 is 2.69 bits per heavy atom. The zero-order valence-electron chi connectivity index (χ0n) is 19.5. The highest BCUT2D eigenvalue weighted by Crippen LogP contribution is 2.35. The minimum absolute atomic E-state index is 0.0690. The molecule has 0 aliphatic carbocycles. The molecule has 0 atom stereocenters. The predicted octanol–water partition coefficient (Wildman–Crippen LogP) is 3.23. The lowest BCUT2D eigenvalue weighted by Gasteiger charge is -2.14. The molecule has 0 fully saturated rings. The van der Waals surface area contributed by atoms with Crippen molar-refractivity contribution < 1.29 is 14.2 Å². The molecule has 0 radical (unpaired) electrons. The van der Waals surface area contributed by atoms with Gasteiger partial charge in [0.15, 0.2) is 17.1 Å². The van der Waals surface area contributed by atoms with Gasteiger partial charge in [0.25, 0.3) is 5.88 Å². The third-order valence-corrected chi connectivity index (χ3v) is 5.46. The number of nitrogens with zero attached hydrogens (tertiary/aromatic N) is 5. The number of likely N-dealkylation sites (N-methyl/N-ethyl adjacent to an activating group) is 1. The number of ether oxygens (including phenoxy) is 3. The van der Waals surface area contributed by atoms with Crippen molar-refractivity contribution in [3.05, 3.63) is 59.4 Å². The topological polar surface area (TPSA) is 148 Å². The number of benzene rings is 2. The van der Waals surface area contributed by atoms with Gasteiger partial charge in [-0.3, -0.25) is 10.4 Å². The fraction of sp³-hybridized carbons (Fsp3) is 0.208. The third kappa shape index (κ3) is 4.43. The summed E-state index contributed by atoms with van der Waals surface area (Å²) in [4.78, 5) is 23.1. The van der Waals surface area contributed by atoms with Gasteiger partial charge >= 0.3 is 6.01 Å². The largest absolute Gasteiger partial charge is 0.493 e. The first-order chi connectivity index (χ1) is 16.9. The van der Waals surface area contributed by atoms with Crippen LogP contribution in [0.5, 0.6) is 29.1 Å². The molecule has 5 rings (SSSR count). The van der Waals surface area contributed by atoms with Crippen molar-refractivity contribution >= 4 is 22.8 Å². The fourth-order valence-electron chi connectivity index (χ4n) is 3.76. The monoisotopic (exact) mass is 472 g/mol. The second-order valence-corrected chi connectivity index (χ2v) is 7.97. The number of rotatable bonds is 7. The van der Waals surface area contributed by atoms with Gasteiger partial charge in [0.2, 0.25) is 0 Å². The van der Waals surface area contributed by atoms with Crippen LogP contribution in [0.1, 0.15) is 17.0 Å². The summed E-state index contributed by atoms with van der Waals surface area (Å²) in [6, 6.07) is 12.6. The van der Waals surface area contributed by atoms with Gasteiger partial charge in [-0.25, -0.2) is 4.98 Å². The molecule has 0 saturated heterocycles. The summed E-state index contributed by atoms with van der Waals surface area (Å²) in [5, 5.41) is 7.73. The molecule has 3 heterocycles. The summed E-state index contributed by atoms with van der Waals surface area (Å²) >= 11 is 0. The van der Waals surface area contributed by atoms with E-state index in [2.05, 4.69) is 29.8 Å². The molecule has 1 aliphatic rings. The zero-order valence-corrected chi connectivity index (χ0v) is 19.5. The normalized spacial score (nSPS) is 13.1. The first-order valence-corrected chi connectivity index (χ1v) is 10.9. The van der Waals surface area contributed by atoms with Gasteiger partial charge in [-0.15, -0.1) is 0 Å². The molecule has 11 nitrogen and oxygen atoms in total. The van der Waals surface area contributed by atoms with Crippen molar-refractivity contribution in [2.75, 3.05) is 27.2 Å². The quantitative estimate of drug-likeness (QED) is 0.274. The van der Waals surface area contributed by atoms with Crippen LogP contribution in [0.3, 0.4) is 0 Å². The van der Waals surface area contributed by atoms with Gasteiger partial charge in [0, 0.05) is 24.7 Å². The fourth-order valence-corrected chi connectivity index (χ4v) is 3.76. The standard InChI is InChI=1S/C24H24N8O3/c1-13-28-19-21(29-13)30-24(34-16-6-4-5-15(11-16)22-27-9-10-32(22)2)31-23(19)35-18-12-14(20(25)26)7-8-17(18)33-3/h4-8,11-12H,9-10H2,1-3H3,(H3,25,26)(H,28,29,30,31). The highest BCUT2D eigenvalue weighted by atomic mass is 16.5. The highest BCUT2D eigenvalue weighted by Gasteiger charge is 2.19. The number of amidine groups is 2. The van der Waals surface area contributed by atoms with E-state index in [1.165, 1.54) is 7.11 Å². The Labute approximate surface area is 201 Å². The lowest BCUT2D eigenvalue weighted by Crippen LogP contribution is -2.23. The molecule has 4 N–H and O–H groups in total. The summed E-state index contributed by atoms with van der Waals surface area (Å²) in [5.41, 5.74) is 7.97. The summed E-state index contributed by atoms with van der Waals surface area (Å²) in [6.07, 6.45) is 0. The molecule has 35 heavy (non-hydrogen) atoms. The van der Waals surface area contributed by atoms with E-state index in [-0.39, 0.29) is 17.7 Å². The predicted molar refractivity (Wildman–Crippen MR) is 131 cm³/mol. The van der Waals surface area contributed by atoms with Crippen LogP contribution in [0.25, 0.3) is 11.2 Å². The summed E-state index contributed by atoms with van der Waals surface area (Å²) in [5.74, 6) is 3.00. The van der Waals surface area contributed by atoms with Crippen LogP contribution in [0, 0.1) is 12.3 Å². The molecule has 2 aromatic heterocycles. The average molecular weight is 473 g/mol. The number of aromatic nitrogens is 4. The molecule has 0 bridgehead atoms. The molecule has 0 spiro atoms. The van der Waals surface area contributed by atoms with Crippen LogP contribution in [0.2, 0.25) is 0 Å². The Hall–Kier alpha value is -4.67. The number of hydrogen-bond donors (Lipinski definition) is 3. The highest BCUT2D eigenvalue weighted by molar-refractivity contribution is 6.00. The Kier molecular flexibility index (Phi) is 5.65. The van der Waals surface area contributed by atoms with Crippen molar-refractivity contribution in [2.24, 2.45) is 10.7 Å². The minimum atomic E-state index is -0.0934. The molecule has 2 aromatic carbocycles. The smallest absolute Gasteiger partial charge is 0.327 e. The third-order valence-electron chi connectivity index (χ3n) is 5.46. The maximum absolute atomic E-state index is 7.73. The summed E-state index contributed by atoms with van der Waals surface area (Å²) < 4.78 is 17.5. The number of nitrogens with two attached hydrogens (primary N) is 1. The van der Waals surface area contributed by atoms with Gasteiger partial charge < -0.3 is 29.8 Å². The van der Waals surface area contributed by atoms with E-state index in [0.717, 1.165) is 24.5 Å². The first kappa shape index (κ1) is 22.1. The number of aromatic amines is 1. The van der Waals surface area contributed by atoms with Crippen molar-refractivity contribution in [2.45, 2.75) is 6.92 Å². The Bertz CT molecular complexity index is 1460. The van der Waals surface area contributed by atoms with E-state index in [1.807, 2.05) is 38.2 Å². The molecule has 1 aliphatic heterocycles. The lowest BCUT2D eigenvalue weighted by molar-refractivity contribution is 0.370. The Balaban J connectivity index is 1.52. The number of methoxy groups -OCH3 is 1. The van der Waals surface area contributed by atoms with Crippen molar-refractivity contribution in [3.63, 3.8) is 0 Å². The number of fused-ring (bicyclic) bond motifs is 1. The molecule has 11 heteroatoms. The number of nitrogen functional groups attached to an aromatic ring is 1. The molecular weight excluding hydrogens is 448 g/mol. The Morgan fingerprint density at radius 1 is 1.09 bits per heavy atom. The van der Waals surface area contributed by atoms with Gasteiger partial charge in [0.05, 0.1) is 13.7 Å². The second kappa shape index (κ2) is 8.93. The van der Waals surface area contributed by atoms with E-state index < -0.39 is 0 Å². The maximum atomic E-state index is 7.73. The SMILES string of the molecule is COc1ccc(C(=N)N)cc1Oc1nc(Oc2cccc(C3=NCCN3C)c2)nc2nc(C)[nH]c12. The van der Waals surface area contributed by atoms with E-state index in [9.17, 15) is 0 Å². The molecule has 178 valence electrons. The number of imidazole rings is 1. The summed E-state index contributed by atoms with van der Waals surface area (Å²) in [6.45, 7) is 3.46. The van der Waals surface area contributed by atoms with Crippen LogP contribution in [-0.2, 0) is 0 Å². The van der Waals surface area contributed by atoms with Crippen molar-refractivity contribution in [3.8, 4) is 29.1 Å². The van der Waals surface area contributed by atoms with Gasteiger partial charge in [-0.1, -0.05) is 12.1 Å². The Morgan fingerprint density at radius 2 is 1.94 bits per heavy atom. The maximum Gasteiger partial charge on any atom is 0.327 e. The average Bonchev–Trinajstić information content (AvgIpc) is 3.44. The van der Waals surface area contributed by atoms with Crippen molar-refractivity contribution in [1.29, 1.82) is 5.41 Å². The van der Waals surface area contributed by atoms with Crippen LogP contribution in [0.15, 0.2) is 47.5 Å². The number of H-pyrrole nitrogens is 1. The van der Waals surface area contributed by atoms with E-state index in [0.29, 0.717) is 39.8 Å². The molecule has 0 amide bonds. The van der Waals surface area contributed by atoms with Gasteiger partial charge in [0.1, 0.15) is 28.8 Å². The van der Waals surface area contributed by atoms with E-state index in [1.54, 1.807) is 18.2 Å². The lowest BCUT2D eigenvalue weighted by atomic mass is 10.2. The number of nitrogens with one attached hydrogen (secondary N) is 2. The number of aliphatic imine (C=N–C) groups is 1. The van der Waals surface area contributed by atoms with Gasteiger partial charge in [-0.05, 0) is 37.3 Å². The molecule has 0 saturated carbocycles. The van der Waals surface area contributed by atoms with Crippen molar-refractivity contribution in [1.82, 2.24) is 24.8 Å². The molecular formula is C24H24N8O3. The minimum Gasteiger partial charge on any atom is -0.493 e. The first-order valence-electron chi connectivity index (χ1n) is 10.9. The number of aryl methyl sites for hydroxylation is 1. The van der Waals surface area contributed by atoms with E-state index in [4.69, 9.17) is 25.4 Å². The van der Waals surface area contributed by atoms with Crippen LogP contribution >= 0.6 is 0 Å². The molecule has 4 aromatic rings. The molecule has 0 unspecified atom stereocenters. The zero-order chi connectivity index (χ0) is 24.5.